The van der Waals surface area contributed by atoms with Gasteiger partial charge in [-0.15, -0.1) is 22.7 Å². The Hall–Kier alpha value is -4.74. The van der Waals surface area contributed by atoms with E-state index in [0.717, 1.165) is 47.3 Å². The van der Waals surface area contributed by atoms with Crippen molar-refractivity contribution in [1.82, 2.24) is 8.75 Å². The first-order chi connectivity index (χ1) is 22.0. The summed E-state index contributed by atoms with van der Waals surface area (Å²) in [5.74, 6) is 0. The summed E-state index contributed by atoms with van der Waals surface area (Å²) in [4.78, 5) is 2.40. The van der Waals surface area contributed by atoms with Gasteiger partial charge in [0.25, 0.3) is 0 Å². The molecule has 226 valence electrons. The van der Waals surface area contributed by atoms with Gasteiger partial charge in [0.15, 0.2) is 0 Å². The second kappa shape index (κ2) is 11.0. The summed E-state index contributed by atoms with van der Waals surface area (Å²) in [6, 6.07) is 17.2. The molecule has 3 aromatic carbocycles. The highest BCUT2D eigenvalue weighted by atomic mass is 32.1. The van der Waals surface area contributed by atoms with E-state index in [4.69, 9.17) is 10.5 Å². The van der Waals surface area contributed by atoms with Crippen LogP contribution >= 0.6 is 34.4 Å². The van der Waals surface area contributed by atoms with Crippen LogP contribution in [0.1, 0.15) is 22.3 Å². The van der Waals surface area contributed by atoms with Crippen LogP contribution in [0.25, 0.3) is 52.8 Å². The van der Waals surface area contributed by atoms with E-state index in [1.807, 2.05) is 0 Å². The molecule has 0 unspecified atom stereocenters. The number of hydrogen-bond donors (Lipinski definition) is 0. The minimum Gasteiger partial charge on any atom is -0.192 e. The Morgan fingerprint density at radius 3 is 1.37 bits per heavy atom. The van der Waals surface area contributed by atoms with Crippen LogP contribution in [0.2, 0.25) is 0 Å². The average Bonchev–Trinajstić information content (AvgIpc) is 3.85. The molecule has 16 heteroatoms. The summed E-state index contributed by atoms with van der Waals surface area (Å²) >= 11 is 4.37. The molecule has 6 aromatic rings. The molecule has 3 aromatic heterocycles. The van der Waals surface area contributed by atoms with Crippen LogP contribution in [0.4, 0.5) is 37.7 Å². The van der Waals surface area contributed by atoms with Gasteiger partial charge in [0.2, 0.25) is 0 Å². The molecule has 0 aliphatic carbocycles. The third-order valence-electron chi connectivity index (χ3n) is 7.09. The molecule has 0 N–H and O–H groups in total. The van der Waals surface area contributed by atoms with Crippen molar-refractivity contribution >= 4 is 68.2 Å². The number of halogens is 6. The molecule has 7 rings (SSSR count). The number of nitriles is 2. The summed E-state index contributed by atoms with van der Waals surface area (Å²) in [5, 5.41) is 18.3. The van der Waals surface area contributed by atoms with Crippen LogP contribution in [0, 0.1) is 22.7 Å². The van der Waals surface area contributed by atoms with Crippen molar-refractivity contribution in [3.63, 3.8) is 0 Å². The Morgan fingerprint density at radius 1 is 0.565 bits per heavy atom. The van der Waals surface area contributed by atoms with Crippen LogP contribution in [0.5, 0.6) is 0 Å². The molecule has 0 saturated carbocycles. The fourth-order valence-electron chi connectivity index (χ4n) is 5.04. The molecule has 0 bridgehead atoms. The smallest absolute Gasteiger partial charge is 0.192 e. The summed E-state index contributed by atoms with van der Waals surface area (Å²) in [7, 11) is 0. The normalized spacial score (nSPS) is 12.6. The van der Waals surface area contributed by atoms with Crippen molar-refractivity contribution in [3.8, 4) is 53.9 Å². The first kappa shape index (κ1) is 29.9. The highest BCUT2D eigenvalue weighted by Crippen LogP contribution is 2.55. The molecule has 0 saturated heterocycles. The summed E-state index contributed by atoms with van der Waals surface area (Å²) in [5.41, 5.74) is 0.820. The monoisotopic (exact) mass is 696 g/mol. The molecule has 1 aliphatic heterocycles. The van der Waals surface area contributed by atoms with Gasteiger partial charge in [-0.25, -0.2) is 0 Å². The molecule has 1 aliphatic rings. The molecule has 46 heavy (non-hydrogen) atoms. The standard InChI is InChI=1S/C30H10F6N6S4/c31-29(32,33)17-9-13(1-3-15(17)11-37)19-5-7-21(43-19)23-25-27(41-45-39-25)24(28-26(23)40-46-42-28)22-8-6-20(44-22)14-2-4-16(12-38)18(10-14)30(34,35)36/h1-10H. The van der Waals surface area contributed by atoms with Crippen molar-refractivity contribution in [1.29, 1.82) is 10.5 Å². The minimum absolute atomic E-state index is 0.294. The van der Waals surface area contributed by atoms with E-state index in [2.05, 4.69) is 17.5 Å². The molecule has 0 amide bonds. The van der Waals surface area contributed by atoms with E-state index in [0.29, 0.717) is 64.2 Å². The van der Waals surface area contributed by atoms with Crippen LogP contribution in [-0.2, 0) is 23.7 Å². The maximum absolute atomic E-state index is 13.6. The molecule has 4 heterocycles. The highest BCUT2D eigenvalue weighted by Gasteiger charge is 2.35. The van der Waals surface area contributed by atoms with Crippen LogP contribution in [0.3, 0.4) is 0 Å². The lowest BCUT2D eigenvalue weighted by atomic mass is 10.0. The molecule has 0 fully saturated rings. The van der Waals surface area contributed by atoms with E-state index >= 15 is 0 Å². The lowest BCUT2D eigenvalue weighted by Crippen LogP contribution is -2.07. The first-order valence-electron chi connectivity index (χ1n) is 12.8. The number of nitrogens with zero attached hydrogens (tertiary/aromatic N) is 6. The quantitative estimate of drug-likeness (QED) is 0.171. The van der Waals surface area contributed by atoms with E-state index in [1.54, 1.807) is 36.4 Å². The van der Waals surface area contributed by atoms with Gasteiger partial charge in [-0.2, -0.15) is 54.3 Å². The third-order valence-corrected chi connectivity index (χ3v) is 10.4. The van der Waals surface area contributed by atoms with E-state index in [-0.39, 0.29) is 0 Å². The molecule has 0 atom stereocenters. The predicted octanol–water partition coefficient (Wildman–Crippen LogP) is 11.0. The number of fused-ring (bicyclic) bond motifs is 2. The largest absolute Gasteiger partial charge is 0.417 e. The van der Waals surface area contributed by atoms with E-state index < -0.39 is 34.6 Å². The van der Waals surface area contributed by atoms with Crippen molar-refractivity contribution in [3.05, 3.63) is 82.9 Å². The lowest BCUT2D eigenvalue weighted by molar-refractivity contribution is -0.138. The number of hydrogen-bond acceptors (Lipinski definition) is 9. The van der Waals surface area contributed by atoms with Gasteiger partial charge < -0.3 is 0 Å². The van der Waals surface area contributed by atoms with Gasteiger partial charge in [0, 0.05) is 30.6 Å². The Morgan fingerprint density at radius 2 is 0.978 bits per heavy atom. The Kier molecular flexibility index (Phi) is 7.13. The van der Waals surface area contributed by atoms with Crippen molar-refractivity contribution in [2.75, 3.05) is 0 Å². The number of benzene rings is 3. The predicted molar refractivity (Wildman–Crippen MR) is 166 cm³/mol. The number of aromatic nitrogens is 2. The van der Waals surface area contributed by atoms with Crippen molar-refractivity contribution < 1.29 is 26.3 Å². The van der Waals surface area contributed by atoms with Crippen LogP contribution in [0.15, 0.2) is 69.4 Å². The second-order valence-electron chi connectivity index (χ2n) is 9.74. The zero-order chi connectivity index (χ0) is 32.4. The topological polar surface area (TPSA) is 98.1 Å². The average molecular weight is 697 g/mol. The molecular weight excluding hydrogens is 687 g/mol. The number of thiophene rings is 2. The Bertz CT molecular complexity index is 2220. The fourth-order valence-corrected chi connectivity index (χ4v) is 8.26. The SMILES string of the molecule is N#Cc1ccc(-c2ccc(-c3c4c(c(-c5ccc(-c6ccc(C#N)c(C(F)(F)F)c6)s5)c5nsnc35)N=S=N4)s2)cc1C(F)(F)F. The third kappa shape index (κ3) is 5.00. The van der Waals surface area contributed by atoms with Gasteiger partial charge in [-0.3, -0.25) is 0 Å². The first-order valence-corrected chi connectivity index (χ1v) is 15.9. The molecular formula is C30H10F6N6S4. The van der Waals surface area contributed by atoms with Crippen molar-refractivity contribution in [2.24, 2.45) is 8.73 Å². The van der Waals surface area contributed by atoms with Gasteiger partial charge >= 0.3 is 12.4 Å². The van der Waals surface area contributed by atoms with E-state index in [9.17, 15) is 26.3 Å². The molecule has 0 radical (unpaired) electrons. The zero-order valence-corrected chi connectivity index (χ0v) is 25.6. The number of alkyl halides is 6. The van der Waals surface area contributed by atoms with Crippen molar-refractivity contribution in [2.45, 2.75) is 12.4 Å². The molecule has 6 nitrogen and oxygen atoms in total. The summed E-state index contributed by atoms with van der Waals surface area (Å²) in [6.45, 7) is 0. The van der Waals surface area contributed by atoms with Gasteiger partial charge in [-0.1, -0.05) is 12.1 Å². The van der Waals surface area contributed by atoms with Gasteiger partial charge in [-0.05, 0) is 59.7 Å². The number of rotatable bonds is 4. The summed E-state index contributed by atoms with van der Waals surface area (Å²) < 4.78 is 99.8. The van der Waals surface area contributed by atoms with Crippen LogP contribution < -0.4 is 0 Å². The maximum atomic E-state index is 13.6. The Labute approximate surface area is 270 Å². The zero-order valence-electron chi connectivity index (χ0n) is 22.4. The van der Waals surface area contributed by atoms with Gasteiger partial charge in [0.1, 0.15) is 22.4 Å². The lowest BCUT2D eigenvalue weighted by Gasteiger charge is -2.11. The highest BCUT2D eigenvalue weighted by molar-refractivity contribution is 7.58. The summed E-state index contributed by atoms with van der Waals surface area (Å²) in [6.07, 6.45) is -9.40. The van der Waals surface area contributed by atoms with Gasteiger partial charge in [0.05, 0.1) is 57.5 Å². The second-order valence-corrected chi connectivity index (χ2v) is 13.0. The molecule has 0 spiro atoms. The maximum Gasteiger partial charge on any atom is 0.417 e. The minimum atomic E-state index is -4.70. The fraction of sp³-hybridized carbons (Fsp3) is 0.0667. The van der Waals surface area contributed by atoms with Crippen LogP contribution in [-0.4, -0.2) is 8.75 Å². The Balaban J connectivity index is 1.33. The van der Waals surface area contributed by atoms with E-state index in [1.165, 1.54) is 34.8 Å².